The molecule has 0 saturated heterocycles. The molecular formula is C62H116N10O12P2. The number of ether oxygens (including phenoxy) is 6. The van der Waals surface area contributed by atoms with Crippen LogP contribution in [0.2, 0.25) is 0 Å². The van der Waals surface area contributed by atoms with Crippen molar-refractivity contribution in [3.63, 3.8) is 0 Å². The van der Waals surface area contributed by atoms with Gasteiger partial charge >= 0.3 is 15.2 Å². The number of methoxy groups -OCH3 is 2. The number of nitrogens with two attached hydrogens (primary N) is 2. The first-order valence-corrected chi connectivity index (χ1v) is 36.5. The highest BCUT2D eigenvalue weighted by Gasteiger charge is 2.28. The summed E-state index contributed by atoms with van der Waals surface area (Å²) in [4.78, 5) is 35.1. The summed E-state index contributed by atoms with van der Waals surface area (Å²) in [6.07, 6.45) is 47.2. The van der Waals surface area contributed by atoms with E-state index in [4.69, 9.17) is 53.5 Å². The van der Waals surface area contributed by atoms with E-state index >= 15 is 0 Å². The fourth-order valence-electron chi connectivity index (χ4n) is 10.1. The van der Waals surface area contributed by atoms with Gasteiger partial charge in [-0.15, -0.1) is 0 Å². The summed E-state index contributed by atoms with van der Waals surface area (Å²) >= 11 is 0. The normalized spacial score (nSPS) is 13.9. The lowest BCUT2D eigenvalue weighted by Crippen LogP contribution is -2.26. The lowest BCUT2D eigenvalue weighted by Gasteiger charge is -2.22. The SMILES string of the molecule is CCCCCCCCCCCCCCCCCCOCCOP(=O)(CO[C@H](COC)Cn1cnc2c(N)ncnc21)OCC.CCCCCCCCCCCCCCCCCCOCCOP(=O)(O)CO[C@H](COC)Cn1cnc2c(N)ncnc21. The van der Waals surface area contributed by atoms with E-state index in [0.29, 0.717) is 61.1 Å². The van der Waals surface area contributed by atoms with E-state index < -0.39 is 33.7 Å². The Balaban J connectivity index is 0.000000451. The number of hydrogen-bond donors (Lipinski definition) is 3. The molecule has 4 atom stereocenters. The van der Waals surface area contributed by atoms with Gasteiger partial charge in [-0.3, -0.25) is 9.13 Å². The molecule has 86 heavy (non-hydrogen) atoms. The van der Waals surface area contributed by atoms with Crippen LogP contribution in [0.3, 0.4) is 0 Å². The van der Waals surface area contributed by atoms with E-state index in [1.807, 2.05) is 0 Å². The molecule has 0 spiro atoms. The first kappa shape index (κ1) is 77.0. The molecule has 4 rings (SSSR count). The highest BCUT2D eigenvalue weighted by molar-refractivity contribution is 7.53. The largest absolute Gasteiger partial charge is 0.382 e. The van der Waals surface area contributed by atoms with E-state index in [2.05, 4.69) is 43.8 Å². The average molecular weight is 1260 g/mol. The van der Waals surface area contributed by atoms with Gasteiger partial charge in [-0.05, 0) is 19.8 Å². The second-order valence-corrected chi connectivity index (χ2v) is 26.4. The van der Waals surface area contributed by atoms with Crippen LogP contribution in [0.4, 0.5) is 11.6 Å². The zero-order valence-corrected chi connectivity index (χ0v) is 55.6. The lowest BCUT2D eigenvalue weighted by atomic mass is 10.0. The number of nitrogen functional groups attached to an aromatic ring is 2. The van der Waals surface area contributed by atoms with Crippen molar-refractivity contribution in [3.05, 3.63) is 25.3 Å². The van der Waals surface area contributed by atoms with Crippen molar-refractivity contribution in [1.82, 2.24) is 39.0 Å². The third-order valence-corrected chi connectivity index (χ3v) is 17.7. The monoisotopic (exact) mass is 1250 g/mol. The van der Waals surface area contributed by atoms with Crippen molar-refractivity contribution in [1.29, 1.82) is 0 Å². The van der Waals surface area contributed by atoms with E-state index in [0.717, 1.165) is 19.3 Å². The number of imidazole rings is 2. The predicted molar refractivity (Wildman–Crippen MR) is 344 cm³/mol. The minimum absolute atomic E-state index is 0.0350. The van der Waals surface area contributed by atoms with Gasteiger partial charge in [-0.2, -0.15) is 0 Å². The number of rotatable bonds is 58. The molecule has 0 aliphatic rings. The van der Waals surface area contributed by atoms with Crippen LogP contribution in [0.1, 0.15) is 226 Å². The van der Waals surface area contributed by atoms with Gasteiger partial charge < -0.3 is 67.5 Å². The lowest BCUT2D eigenvalue weighted by molar-refractivity contribution is -0.000766. The smallest absolute Gasteiger partial charge is 0.356 e. The molecule has 4 aromatic heterocycles. The molecule has 24 heteroatoms. The zero-order valence-electron chi connectivity index (χ0n) is 53.8. The molecule has 0 fully saturated rings. The van der Waals surface area contributed by atoms with Crippen molar-refractivity contribution >= 4 is 49.2 Å². The van der Waals surface area contributed by atoms with Gasteiger partial charge in [0.15, 0.2) is 22.9 Å². The molecule has 0 aliphatic heterocycles. The van der Waals surface area contributed by atoms with Crippen molar-refractivity contribution in [2.45, 2.75) is 252 Å². The van der Waals surface area contributed by atoms with Crippen LogP contribution in [-0.2, 0) is 64.2 Å². The Bertz CT molecular complexity index is 2340. The third kappa shape index (κ3) is 36.4. The second kappa shape index (κ2) is 50.5. The van der Waals surface area contributed by atoms with Gasteiger partial charge in [0.05, 0.1) is 84.2 Å². The van der Waals surface area contributed by atoms with Crippen molar-refractivity contribution in [3.8, 4) is 0 Å². The maximum atomic E-state index is 13.3. The molecule has 0 aliphatic carbocycles. The van der Waals surface area contributed by atoms with Crippen LogP contribution in [0.5, 0.6) is 0 Å². The molecule has 4 aromatic rings. The van der Waals surface area contributed by atoms with Gasteiger partial charge in [0, 0.05) is 27.4 Å². The van der Waals surface area contributed by atoms with Crippen LogP contribution in [0.25, 0.3) is 22.3 Å². The van der Waals surface area contributed by atoms with Gasteiger partial charge in [0.25, 0.3) is 0 Å². The van der Waals surface area contributed by atoms with E-state index in [1.165, 1.54) is 206 Å². The third-order valence-electron chi connectivity index (χ3n) is 15.0. The van der Waals surface area contributed by atoms with Crippen LogP contribution < -0.4 is 11.5 Å². The van der Waals surface area contributed by atoms with E-state index in [9.17, 15) is 14.0 Å². The van der Waals surface area contributed by atoms with Crippen LogP contribution in [-0.4, -0.2) is 143 Å². The molecule has 0 amide bonds. The number of fused-ring (bicyclic) bond motifs is 2. The Morgan fingerprint density at radius 2 is 0.791 bits per heavy atom. The zero-order chi connectivity index (χ0) is 62.0. The Labute approximate surface area is 516 Å². The van der Waals surface area contributed by atoms with E-state index in [-0.39, 0.29) is 51.8 Å². The van der Waals surface area contributed by atoms with Crippen LogP contribution >= 0.6 is 15.2 Å². The molecule has 0 bridgehead atoms. The summed E-state index contributed by atoms with van der Waals surface area (Å²) in [5, 5.41) is 0. The first-order chi connectivity index (χ1) is 42.0. The molecule has 496 valence electrons. The number of nitrogens with zero attached hydrogens (tertiary/aromatic N) is 8. The minimum Gasteiger partial charge on any atom is -0.382 e. The Kier molecular flexibility index (Phi) is 45.2. The summed E-state index contributed by atoms with van der Waals surface area (Å²) < 4.78 is 78.9. The summed E-state index contributed by atoms with van der Waals surface area (Å²) in [6.45, 7) is 9.90. The molecule has 4 heterocycles. The van der Waals surface area contributed by atoms with Gasteiger partial charge in [-0.25, -0.2) is 29.9 Å². The number of unbranched alkanes of at least 4 members (excludes halogenated alkanes) is 30. The topological polar surface area (TPSA) is 277 Å². The van der Waals surface area contributed by atoms with Crippen molar-refractivity contribution < 1.29 is 56.0 Å². The maximum absolute atomic E-state index is 13.3. The number of aromatic nitrogens is 8. The number of anilines is 2. The van der Waals surface area contributed by atoms with Crippen LogP contribution in [0.15, 0.2) is 25.3 Å². The molecule has 22 nitrogen and oxygen atoms in total. The first-order valence-electron chi connectivity index (χ1n) is 33.0. The maximum Gasteiger partial charge on any atom is 0.356 e. The average Bonchev–Trinajstić information content (AvgIpc) is 2.21. The standard InChI is InChI=1S/C32H60N5O6P.C30H56N5O6P/c1-4-6-7-8-9-10-11-12-13-14-15-16-17-18-19-20-21-40-22-23-43-44(38,42-5-2)28-41-29(25-39-3)24-37-27-36-30-31(33)34-26-35-32(30)37;1-3-4-5-6-7-8-9-10-11-12-13-14-15-16-17-18-19-39-20-21-41-42(36,37)26-40-27(23-38-2)22-35-25-34-28-29(31)32-24-33-30(28)35/h26-27,29H,4-25,28H2,1-3H3,(H2,33,34,35);24-25,27H,3-23,26H2,1-2H3,(H,36,37)(H2,31,32,33)/t29-,44?;27-/m00/s1. The number of hydrogen-bond acceptors (Lipinski definition) is 19. The quantitative estimate of drug-likeness (QED) is 0.0274. The highest BCUT2D eigenvalue weighted by atomic mass is 31.2. The Hall–Kier alpha value is -3.24. The molecule has 5 N–H and O–H groups in total. The fraction of sp³-hybridized carbons (Fsp3) is 0.839. The predicted octanol–water partition coefficient (Wildman–Crippen LogP) is 14.8. The molecule has 0 radical (unpaired) electrons. The Morgan fingerprint density at radius 3 is 1.15 bits per heavy atom. The van der Waals surface area contributed by atoms with Crippen molar-refractivity contribution in [2.75, 3.05) is 97.8 Å². The summed E-state index contributed by atoms with van der Waals surface area (Å²) in [7, 11) is -4.29. The van der Waals surface area contributed by atoms with Crippen LogP contribution in [0, 0.1) is 0 Å². The fourth-order valence-corrected chi connectivity index (χ4v) is 12.3. The summed E-state index contributed by atoms with van der Waals surface area (Å²) in [6, 6.07) is 0. The van der Waals surface area contributed by atoms with Gasteiger partial charge in [-0.1, -0.05) is 206 Å². The van der Waals surface area contributed by atoms with Crippen molar-refractivity contribution in [2.24, 2.45) is 0 Å². The summed E-state index contributed by atoms with van der Waals surface area (Å²) in [5.41, 5.74) is 13.9. The minimum atomic E-state index is -3.94. The Morgan fingerprint density at radius 1 is 0.442 bits per heavy atom. The highest BCUT2D eigenvalue weighted by Crippen LogP contribution is 2.48. The van der Waals surface area contributed by atoms with Gasteiger partial charge in [0.1, 0.15) is 36.4 Å². The molecule has 0 aromatic carbocycles. The summed E-state index contributed by atoms with van der Waals surface area (Å²) in [5.74, 6) is 0.595. The van der Waals surface area contributed by atoms with Gasteiger partial charge in [0.2, 0.25) is 0 Å². The molecule has 0 saturated carbocycles. The second-order valence-electron chi connectivity index (χ2n) is 22.6. The molecule has 2 unspecified atom stereocenters. The van der Waals surface area contributed by atoms with E-state index in [1.54, 1.807) is 35.8 Å². The molecular weight excluding hydrogens is 1140 g/mol.